The number of nitrogens with one attached hydrogen (secondary N) is 1. The molecule has 0 saturated carbocycles. The third-order valence-corrected chi connectivity index (χ3v) is 5.80. The molecule has 0 amide bonds. The zero-order chi connectivity index (χ0) is 19.9. The fourth-order valence-corrected chi connectivity index (χ4v) is 4.26. The first-order valence-corrected chi connectivity index (χ1v) is 10.9. The van der Waals surface area contributed by atoms with E-state index in [0.717, 1.165) is 11.1 Å². The van der Waals surface area contributed by atoms with E-state index in [1.165, 1.54) is 24.3 Å². The van der Waals surface area contributed by atoms with Crippen molar-refractivity contribution in [1.29, 1.82) is 0 Å². The first-order valence-electron chi connectivity index (χ1n) is 8.02. The highest BCUT2D eigenvalue weighted by molar-refractivity contribution is 7.93. The number of halogens is 1. The second kappa shape index (κ2) is 9.84. The van der Waals surface area contributed by atoms with Crippen molar-refractivity contribution < 1.29 is 17.9 Å². The molecule has 0 aliphatic carbocycles. The van der Waals surface area contributed by atoms with Crippen molar-refractivity contribution >= 4 is 50.1 Å². The molecule has 3 N–H and O–H groups in total. The van der Waals surface area contributed by atoms with Crippen molar-refractivity contribution in [3.63, 3.8) is 0 Å². The van der Waals surface area contributed by atoms with E-state index in [2.05, 4.69) is 9.71 Å². The topological polar surface area (TPSA) is 111 Å². The molecule has 1 aromatic carbocycles. The largest absolute Gasteiger partial charge is 0.465 e. The molecule has 0 spiro atoms. The minimum atomic E-state index is -3.58. The summed E-state index contributed by atoms with van der Waals surface area (Å²) < 4.78 is 31.6. The molecule has 7 nitrogen and oxygen atoms in total. The Labute approximate surface area is 167 Å². The van der Waals surface area contributed by atoms with E-state index in [4.69, 9.17) is 22.1 Å². The highest BCUT2D eigenvalue weighted by atomic mass is 35.5. The Hall–Kier alpha value is -1.94. The molecule has 0 atom stereocenters. The van der Waals surface area contributed by atoms with Crippen LogP contribution >= 0.6 is 22.9 Å². The summed E-state index contributed by atoms with van der Waals surface area (Å²) in [4.78, 5) is 14.9. The Morgan fingerprint density at radius 3 is 2.89 bits per heavy atom. The number of anilines is 1. The molecule has 1 heterocycles. The van der Waals surface area contributed by atoms with Gasteiger partial charge in [0.2, 0.25) is 10.0 Å². The zero-order valence-corrected chi connectivity index (χ0v) is 17.0. The van der Waals surface area contributed by atoms with Crippen molar-refractivity contribution in [3.8, 4) is 0 Å². The fourth-order valence-electron chi connectivity index (χ4n) is 2.09. The summed E-state index contributed by atoms with van der Waals surface area (Å²) >= 11 is 7.26. The second-order valence-electron chi connectivity index (χ2n) is 5.57. The Kier molecular flexibility index (Phi) is 7.78. The highest BCUT2D eigenvalue weighted by Gasteiger charge is 2.11. The molecule has 0 unspecified atom stereocenters. The molecule has 146 valence electrons. The van der Waals surface area contributed by atoms with Gasteiger partial charge in [0.1, 0.15) is 0 Å². The molecule has 27 heavy (non-hydrogen) atoms. The lowest BCUT2D eigenvalue weighted by Crippen LogP contribution is -2.15. The van der Waals surface area contributed by atoms with Crippen LogP contribution in [0.4, 0.5) is 5.13 Å². The molecule has 2 aromatic rings. The second-order valence-corrected chi connectivity index (χ2v) is 8.61. The number of benzene rings is 1. The average molecular weight is 430 g/mol. The number of esters is 1. The van der Waals surface area contributed by atoms with Gasteiger partial charge in [-0.2, -0.15) is 0 Å². The van der Waals surface area contributed by atoms with Crippen molar-refractivity contribution in [2.24, 2.45) is 5.73 Å². The highest BCUT2D eigenvalue weighted by Crippen LogP contribution is 2.19. The number of nitrogens with zero attached hydrogens (tertiary/aromatic N) is 1. The summed E-state index contributed by atoms with van der Waals surface area (Å²) in [5.41, 5.74) is 7.83. The zero-order valence-electron chi connectivity index (χ0n) is 14.6. The van der Waals surface area contributed by atoms with Crippen LogP contribution in [-0.2, 0) is 32.5 Å². The van der Waals surface area contributed by atoms with E-state index >= 15 is 0 Å². The molecule has 0 saturated heterocycles. The van der Waals surface area contributed by atoms with Crippen LogP contribution in [0.1, 0.15) is 23.7 Å². The quantitative estimate of drug-likeness (QED) is 0.593. The van der Waals surface area contributed by atoms with Gasteiger partial charge >= 0.3 is 5.97 Å². The summed E-state index contributed by atoms with van der Waals surface area (Å²) in [6, 6.07) is 5.36. The van der Waals surface area contributed by atoms with Crippen LogP contribution in [-0.4, -0.2) is 31.7 Å². The van der Waals surface area contributed by atoms with Crippen molar-refractivity contribution in [3.05, 3.63) is 51.5 Å². The van der Waals surface area contributed by atoms with Crippen LogP contribution < -0.4 is 10.5 Å². The number of thiazole rings is 1. The van der Waals surface area contributed by atoms with Gasteiger partial charge in [0.05, 0.1) is 18.1 Å². The van der Waals surface area contributed by atoms with Gasteiger partial charge < -0.3 is 10.5 Å². The van der Waals surface area contributed by atoms with Gasteiger partial charge in [-0.15, -0.1) is 11.3 Å². The van der Waals surface area contributed by atoms with E-state index in [-0.39, 0.29) is 23.5 Å². The average Bonchev–Trinajstić information content (AvgIpc) is 3.01. The Morgan fingerprint density at radius 1 is 1.44 bits per heavy atom. The number of carbonyl (C=O) groups is 1. The summed E-state index contributed by atoms with van der Waals surface area (Å²) in [5, 5.41) is 2.54. The van der Waals surface area contributed by atoms with Gasteiger partial charge in [-0.05, 0) is 17.2 Å². The van der Waals surface area contributed by atoms with Gasteiger partial charge in [-0.25, -0.2) is 13.4 Å². The lowest BCUT2D eigenvalue weighted by atomic mass is 10.1. The maximum Gasteiger partial charge on any atom is 0.302 e. The summed E-state index contributed by atoms with van der Waals surface area (Å²) in [5.74, 6) is -0.567. The normalized spacial score (nSPS) is 11.7. The Morgan fingerprint density at radius 2 is 2.22 bits per heavy atom. The number of nitrogens with two attached hydrogens (primary N) is 1. The molecule has 0 fully saturated rings. The van der Waals surface area contributed by atoms with Gasteiger partial charge in [-0.1, -0.05) is 35.9 Å². The first kappa shape index (κ1) is 21.4. The van der Waals surface area contributed by atoms with Crippen LogP contribution in [0, 0.1) is 0 Å². The van der Waals surface area contributed by atoms with E-state index in [1.807, 2.05) is 12.1 Å². The molecule has 2 rings (SSSR count). The third kappa shape index (κ3) is 7.30. The maximum atomic E-state index is 12.2. The predicted octanol–water partition coefficient (Wildman–Crippen LogP) is 2.82. The van der Waals surface area contributed by atoms with Crippen LogP contribution in [0.25, 0.3) is 6.08 Å². The van der Waals surface area contributed by atoms with Crippen LogP contribution in [0.2, 0.25) is 5.02 Å². The van der Waals surface area contributed by atoms with Crippen LogP contribution in [0.15, 0.2) is 29.7 Å². The minimum absolute atomic E-state index is 0.203. The standard InChI is InChI=1S/C17H20ClN3O4S2/c1-12(22)25-7-6-15-11-26-17(20-15)21-27(23,24)8-2-3-13-4-5-14(10-19)16(18)9-13/h2-5,9,11H,6-8,10,19H2,1H3,(H,20,21). The molecule has 0 bridgehead atoms. The maximum absolute atomic E-state index is 12.2. The number of carbonyl (C=O) groups excluding carboxylic acids is 1. The van der Waals surface area contributed by atoms with E-state index in [0.29, 0.717) is 23.7 Å². The lowest BCUT2D eigenvalue weighted by molar-refractivity contribution is -0.140. The van der Waals surface area contributed by atoms with Crippen molar-refractivity contribution in [2.75, 3.05) is 17.1 Å². The summed E-state index contributed by atoms with van der Waals surface area (Å²) in [6.07, 6.45) is 3.64. The number of aromatic nitrogens is 1. The molecule has 0 aliphatic rings. The molecule has 0 radical (unpaired) electrons. The first-order chi connectivity index (χ1) is 12.8. The van der Waals surface area contributed by atoms with Gasteiger partial charge in [0, 0.05) is 30.3 Å². The third-order valence-electron chi connectivity index (χ3n) is 3.38. The number of ether oxygens (including phenoxy) is 1. The predicted molar refractivity (Wildman–Crippen MR) is 108 cm³/mol. The Bertz CT molecular complexity index is 926. The SMILES string of the molecule is CC(=O)OCCc1csc(NS(=O)(=O)CC=Cc2ccc(CN)c(Cl)c2)n1. The molecule has 1 aromatic heterocycles. The van der Waals surface area contributed by atoms with E-state index in [9.17, 15) is 13.2 Å². The van der Waals surface area contributed by atoms with Crippen molar-refractivity contribution in [2.45, 2.75) is 19.9 Å². The monoisotopic (exact) mass is 429 g/mol. The van der Waals surface area contributed by atoms with Crippen LogP contribution in [0.5, 0.6) is 0 Å². The molecule has 10 heteroatoms. The summed E-state index contributed by atoms with van der Waals surface area (Å²) in [7, 11) is -3.58. The smallest absolute Gasteiger partial charge is 0.302 e. The fraction of sp³-hybridized carbons (Fsp3) is 0.294. The molecular weight excluding hydrogens is 410 g/mol. The van der Waals surface area contributed by atoms with Gasteiger partial charge in [-0.3, -0.25) is 9.52 Å². The number of sulfonamides is 1. The number of hydrogen-bond acceptors (Lipinski definition) is 7. The van der Waals surface area contributed by atoms with Crippen molar-refractivity contribution in [1.82, 2.24) is 4.98 Å². The minimum Gasteiger partial charge on any atom is -0.465 e. The number of hydrogen-bond donors (Lipinski definition) is 2. The van der Waals surface area contributed by atoms with Gasteiger partial charge in [0.15, 0.2) is 5.13 Å². The van der Waals surface area contributed by atoms with E-state index in [1.54, 1.807) is 17.5 Å². The Balaban J connectivity index is 1.90. The molecular formula is C17H20ClN3O4S2. The van der Waals surface area contributed by atoms with Crippen LogP contribution in [0.3, 0.4) is 0 Å². The molecule has 0 aliphatic heterocycles. The number of rotatable bonds is 9. The van der Waals surface area contributed by atoms with E-state index < -0.39 is 10.0 Å². The summed E-state index contributed by atoms with van der Waals surface area (Å²) in [6.45, 7) is 1.88. The van der Waals surface area contributed by atoms with Gasteiger partial charge in [0.25, 0.3) is 0 Å². The lowest BCUT2D eigenvalue weighted by Gasteiger charge is -2.03.